The van der Waals surface area contributed by atoms with Crippen LogP contribution in [0.1, 0.15) is 38.5 Å². The van der Waals surface area contributed by atoms with Gasteiger partial charge in [0.05, 0.1) is 12.3 Å². The monoisotopic (exact) mass is 467 g/mol. The Hall–Kier alpha value is -3.63. The Kier molecular flexibility index (Phi) is 6.61. The molecule has 3 rings (SSSR count). The lowest BCUT2D eigenvalue weighted by atomic mass is 9.89. The number of benzene rings is 1. The van der Waals surface area contributed by atoms with E-state index in [2.05, 4.69) is 15.8 Å². The average molecular weight is 467 g/mol. The zero-order valence-electron chi connectivity index (χ0n) is 18.0. The van der Waals surface area contributed by atoms with Gasteiger partial charge in [-0.2, -0.15) is 13.2 Å². The lowest BCUT2D eigenvalue weighted by Gasteiger charge is -2.24. The number of Topliss-reactive ketones (excluding diaryl/α,β-unsaturated/α-hetero) is 1. The van der Waals surface area contributed by atoms with Crippen LogP contribution in [-0.2, 0) is 14.9 Å². The van der Waals surface area contributed by atoms with Crippen molar-refractivity contribution in [1.82, 2.24) is 5.16 Å². The van der Waals surface area contributed by atoms with Crippen molar-refractivity contribution in [3.63, 3.8) is 0 Å². The van der Waals surface area contributed by atoms with Crippen LogP contribution >= 0.6 is 0 Å². The molecule has 0 aliphatic heterocycles. The fourth-order valence-corrected chi connectivity index (χ4v) is 2.90. The molecule has 0 spiro atoms. The van der Waals surface area contributed by atoms with Gasteiger partial charge in [0.1, 0.15) is 11.2 Å². The van der Waals surface area contributed by atoms with E-state index in [9.17, 15) is 27.2 Å². The van der Waals surface area contributed by atoms with Crippen LogP contribution in [-0.4, -0.2) is 29.8 Å². The summed E-state index contributed by atoms with van der Waals surface area (Å²) in [6.45, 7) is 3.89. The predicted molar refractivity (Wildman–Crippen MR) is 112 cm³/mol. The highest BCUT2D eigenvalue weighted by atomic mass is 19.4. The molecule has 1 aliphatic carbocycles. The van der Waals surface area contributed by atoms with E-state index >= 15 is 0 Å². The first-order valence-electron chi connectivity index (χ1n) is 9.92. The van der Waals surface area contributed by atoms with E-state index in [1.165, 1.54) is 18.2 Å². The lowest BCUT2D eigenvalue weighted by Crippen LogP contribution is -2.35. The normalized spacial score (nSPS) is 14.5. The summed E-state index contributed by atoms with van der Waals surface area (Å²) in [5.41, 5.74) is -1.42. The molecule has 1 heterocycles. The average Bonchev–Trinajstić information content (AvgIpc) is 3.19. The van der Waals surface area contributed by atoms with Crippen molar-refractivity contribution >= 4 is 28.9 Å². The molecular weight excluding hydrogens is 446 g/mol. The van der Waals surface area contributed by atoms with Crippen molar-refractivity contribution in [2.24, 2.45) is 0 Å². The summed E-state index contributed by atoms with van der Waals surface area (Å²) in [5, 5.41) is 7.87. The lowest BCUT2D eigenvalue weighted by molar-refractivity contribution is -0.185. The predicted octanol–water partition coefficient (Wildman–Crippen LogP) is 5.57. The topological polar surface area (TPSA) is 93.5 Å². The minimum Gasteiger partial charge on any atom is -0.490 e. The summed E-state index contributed by atoms with van der Waals surface area (Å²) in [4.78, 5) is 24.0. The molecule has 33 heavy (non-hydrogen) atoms. The maximum atomic E-state index is 14.6. The SMILES string of the molecule is CCOC1=CC(c2ccc(NC(=O)Nc3cc(C(C)(C)C(F)(F)F)on3)c(F)c2)=CCC1=O. The van der Waals surface area contributed by atoms with Gasteiger partial charge in [-0.1, -0.05) is 17.3 Å². The number of nitrogens with zero attached hydrogens (tertiary/aromatic N) is 1. The molecular formula is C22H21F4N3O4. The first kappa shape index (κ1) is 24.0. The molecule has 176 valence electrons. The highest BCUT2D eigenvalue weighted by molar-refractivity contribution is 6.01. The number of anilines is 2. The van der Waals surface area contributed by atoms with E-state index in [0.29, 0.717) is 17.7 Å². The zero-order valence-corrected chi connectivity index (χ0v) is 18.0. The Morgan fingerprint density at radius 2 is 1.94 bits per heavy atom. The molecule has 0 radical (unpaired) electrons. The van der Waals surface area contributed by atoms with E-state index in [-0.39, 0.29) is 29.5 Å². The number of ketones is 1. The largest absolute Gasteiger partial charge is 0.490 e. The molecule has 2 aromatic rings. The molecule has 2 N–H and O–H groups in total. The van der Waals surface area contributed by atoms with Crippen LogP contribution in [0.5, 0.6) is 0 Å². The third-order valence-corrected chi connectivity index (χ3v) is 5.00. The quantitative estimate of drug-likeness (QED) is 0.542. The summed E-state index contributed by atoms with van der Waals surface area (Å²) in [7, 11) is 0. The number of urea groups is 1. The number of rotatable bonds is 6. The van der Waals surface area contributed by atoms with Crippen LogP contribution in [0.2, 0.25) is 0 Å². The molecule has 0 bridgehead atoms. The van der Waals surface area contributed by atoms with Gasteiger partial charge < -0.3 is 14.6 Å². The van der Waals surface area contributed by atoms with Crippen LogP contribution in [0.3, 0.4) is 0 Å². The van der Waals surface area contributed by atoms with E-state index in [1.807, 2.05) is 0 Å². The second-order valence-electron chi connectivity index (χ2n) is 7.70. The molecule has 0 fully saturated rings. The number of nitrogens with one attached hydrogen (secondary N) is 2. The number of hydrogen-bond acceptors (Lipinski definition) is 5. The van der Waals surface area contributed by atoms with Crippen LogP contribution in [0.15, 0.2) is 46.7 Å². The molecule has 1 aromatic carbocycles. The number of hydrogen-bond donors (Lipinski definition) is 2. The van der Waals surface area contributed by atoms with Gasteiger partial charge >= 0.3 is 12.2 Å². The first-order chi connectivity index (χ1) is 15.4. The Bertz CT molecular complexity index is 1130. The van der Waals surface area contributed by atoms with Gasteiger partial charge in [-0.05, 0) is 50.1 Å². The molecule has 1 aliphatic rings. The minimum atomic E-state index is -4.59. The number of aromatic nitrogens is 1. The standard InChI is InChI=1S/C22H21F4N3O4/c1-4-32-17-10-13(6-8-16(17)30)12-5-7-15(14(23)9-12)27-20(31)28-19-11-18(33-29-19)21(2,3)22(24,25)26/h5-7,9-11H,4,8H2,1-3H3,(H2,27,28,29,31). The molecule has 11 heteroatoms. The van der Waals surface area contributed by atoms with E-state index in [1.54, 1.807) is 19.1 Å². The summed E-state index contributed by atoms with van der Waals surface area (Å²) >= 11 is 0. The Balaban J connectivity index is 1.69. The summed E-state index contributed by atoms with van der Waals surface area (Å²) in [5.74, 6) is -1.49. The molecule has 0 saturated carbocycles. The fourth-order valence-electron chi connectivity index (χ4n) is 2.90. The highest BCUT2D eigenvalue weighted by Gasteiger charge is 2.51. The summed E-state index contributed by atoms with van der Waals surface area (Å²) in [6, 6.07) is 4.06. The van der Waals surface area contributed by atoms with Gasteiger partial charge in [-0.25, -0.2) is 9.18 Å². The second-order valence-corrected chi connectivity index (χ2v) is 7.70. The van der Waals surface area contributed by atoms with Gasteiger partial charge in [-0.15, -0.1) is 0 Å². The van der Waals surface area contributed by atoms with Gasteiger partial charge in [-0.3, -0.25) is 10.1 Å². The van der Waals surface area contributed by atoms with E-state index in [4.69, 9.17) is 9.26 Å². The number of carbonyl (C=O) groups is 2. The van der Waals surface area contributed by atoms with Crippen molar-refractivity contribution in [3.05, 3.63) is 59.3 Å². The number of amides is 2. The van der Waals surface area contributed by atoms with E-state index < -0.39 is 29.2 Å². The maximum absolute atomic E-state index is 14.6. The van der Waals surface area contributed by atoms with Gasteiger partial charge in [0.25, 0.3) is 0 Å². The van der Waals surface area contributed by atoms with Crippen LogP contribution < -0.4 is 10.6 Å². The number of alkyl halides is 3. The molecule has 2 amide bonds. The second kappa shape index (κ2) is 9.08. The molecule has 1 aromatic heterocycles. The molecule has 0 atom stereocenters. The van der Waals surface area contributed by atoms with Crippen LogP contribution in [0, 0.1) is 5.82 Å². The van der Waals surface area contributed by atoms with Crippen LogP contribution in [0.25, 0.3) is 5.57 Å². The summed E-state index contributed by atoms with van der Waals surface area (Å²) < 4.78 is 63.9. The molecule has 7 nitrogen and oxygen atoms in total. The third kappa shape index (κ3) is 5.24. The molecule has 0 unspecified atom stereocenters. The third-order valence-electron chi connectivity index (χ3n) is 5.00. The number of halogens is 4. The number of allylic oxidation sites excluding steroid dienone is 4. The van der Waals surface area contributed by atoms with Crippen molar-refractivity contribution in [3.8, 4) is 0 Å². The Morgan fingerprint density at radius 1 is 1.21 bits per heavy atom. The number of carbonyl (C=O) groups excluding carboxylic acids is 2. The van der Waals surface area contributed by atoms with Crippen molar-refractivity contribution in [1.29, 1.82) is 0 Å². The van der Waals surface area contributed by atoms with Gasteiger partial charge in [0.15, 0.2) is 17.3 Å². The zero-order chi connectivity index (χ0) is 24.4. The van der Waals surface area contributed by atoms with E-state index in [0.717, 1.165) is 19.9 Å². The fraction of sp³-hybridized carbons (Fsp3) is 0.318. The minimum absolute atomic E-state index is 0.121. The van der Waals surface area contributed by atoms with Crippen molar-refractivity contribution in [2.75, 3.05) is 17.2 Å². The Morgan fingerprint density at radius 3 is 2.58 bits per heavy atom. The van der Waals surface area contributed by atoms with Crippen molar-refractivity contribution < 1.29 is 36.4 Å². The molecule has 0 saturated heterocycles. The smallest absolute Gasteiger partial charge is 0.401 e. The van der Waals surface area contributed by atoms with Gasteiger partial charge in [0.2, 0.25) is 5.78 Å². The maximum Gasteiger partial charge on any atom is 0.401 e. The van der Waals surface area contributed by atoms with Crippen LogP contribution in [0.4, 0.5) is 33.9 Å². The number of ether oxygens (including phenoxy) is 1. The highest BCUT2D eigenvalue weighted by Crippen LogP contribution is 2.41. The summed E-state index contributed by atoms with van der Waals surface area (Å²) in [6.07, 6.45) is -1.30. The van der Waals surface area contributed by atoms with Crippen molar-refractivity contribution in [2.45, 2.75) is 38.8 Å². The first-order valence-corrected chi connectivity index (χ1v) is 9.92. The Labute approximate surface area is 186 Å². The van der Waals surface area contributed by atoms with Gasteiger partial charge in [0, 0.05) is 12.5 Å².